The standard InChI is InChI=1S/C13H16N2O6/c1-20-9-4-2-8(3-5-9)7-21-13(19)15-10(12(17)18)6-11(14)16/h2-5,10H,6-7H2,1H3,(H2,14,16)(H,15,19)(H,17,18). The van der Waals surface area contributed by atoms with Crippen LogP contribution in [-0.4, -0.2) is 36.2 Å². The number of nitrogens with one attached hydrogen (secondary N) is 1. The molecule has 0 aliphatic rings. The summed E-state index contributed by atoms with van der Waals surface area (Å²) in [5, 5.41) is 10.9. The predicted octanol–water partition coefficient (Wildman–Crippen LogP) is 0.250. The third kappa shape index (κ3) is 5.81. The van der Waals surface area contributed by atoms with E-state index in [9.17, 15) is 14.4 Å². The Morgan fingerprint density at radius 2 is 1.90 bits per heavy atom. The largest absolute Gasteiger partial charge is 0.497 e. The topological polar surface area (TPSA) is 128 Å². The Kier molecular flexibility index (Phi) is 5.99. The number of carboxylic acids is 1. The van der Waals surface area contributed by atoms with E-state index in [0.717, 1.165) is 0 Å². The molecule has 0 bridgehead atoms. The summed E-state index contributed by atoms with van der Waals surface area (Å²) in [6, 6.07) is 5.38. The highest BCUT2D eigenvalue weighted by molar-refractivity contribution is 5.86. The smallest absolute Gasteiger partial charge is 0.408 e. The van der Waals surface area contributed by atoms with Crippen LogP contribution in [0.25, 0.3) is 0 Å². The number of amides is 2. The van der Waals surface area contributed by atoms with Gasteiger partial charge in [-0.3, -0.25) is 4.79 Å². The molecular weight excluding hydrogens is 280 g/mol. The maximum Gasteiger partial charge on any atom is 0.408 e. The Bertz CT molecular complexity index is 514. The van der Waals surface area contributed by atoms with E-state index < -0.39 is 30.4 Å². The number of carboxylic acid groups (broad SMARTS) is 1. The number of hydrogen-bond donors (Lipinski definition) is 3. The highest BCUT2D eigenvalue weighted by Crippen LogP contribution is 2.11. The molecule has 0 heterocycles. The Labute approximate surface area is 120 Å². The molecule has 1 aromatic rings. The van der Waals surface area contributed by atoms with Crippen LogP contribution in [-0.2, 0) is 20.9 Å². The van der Waals surface area contributed by atoms with Crippen molar-refractivity contribution >= 4 is 18.0 Å². The van der Waals surface area contributed by atoms with Crippen molar-refractivity contribution in [1.29, 1.82) is 0 Å². The summed E-state index contributed by atoms with van der Waals surface area (Å²) >= 11 is 0. The first kappa shape index (κ1) is 16.3. The van der Waals surface area contributed by atoms with Crippen LogP contribution in [0.3, 0.4) is 0 Å². The van der Waals surface area contributed by atoms with Crippen LogP contribution in [0.2, 0.25) is 0 Å². The van der Waals surface area contributed by atoms with Gasteiger partial charge in [0.05, 0.1) is 13.5 Å². The van der Waals surface area contributed by atoms with Gasteiger partial charge in [0.25, 0.3) is 0 Å². The summed E-state index contributed by atoms with van der Waals surface area (Å²) in [6.07, 6.45) is -1.45. The number of carbonyl (C=O) groups is 3. The van der Waals surface area contributed by atoms with E-state index in [1.807, 2.05) is 0 Å². The first-order valence-corrected chi connectivity index (χ1v) is 5.99. The molecule has 0 spiro atoms. The van der Waals surface area contributed by atoms with Crippen molar-refractivity contribution < 1.29 is 29.0 Å². The zero-order valence-corrected chi connectivity index (χ0v) is 11.4. The Morgan fingerprint density at radius 3 is 2.38 bits per heavy atom. The summed E-state index contributed by atoms with van der Waals surface area (Å²) in [4.78, 5) is 33.0. The minimum atomic E-state index is -1.41. The molecule has 0 aromatic heterocycles. The second-order valence-electron chi connectivity index (χ2n) is 4.13. The molecule has 1 aromatic carbocycles. The zero-order valence-electron chi connectivity index (χ0n) is 11.4. The van der Waals surface area contributed by atoms with Gasteiger partial charge < -0.3 is 25.6 Å². The number of hydrogen-bond acceptors (Lipinski definition) is 5. The van der Waals surface area contributed by atoms with E-state index in [0.29, 0.717) is 11.3 Å². The predicted molar refractivity (Wildman–Crippen MR) is 71.5 cm³/mol. The lowest BCUT2D eigenvalue weighted by Gasteiger charge is -2.13. The third-order valence-electron chi connectivity index (χ3n) is 2.52. The van der Waals surface area contributed by atoms with Gasteiger partial charge in [0, 0.05) is 0 Å². The quantitative estimate of drug-likeness (QED) is 0.661. The Morgan fingerprint density at radius 1 is 1.29 bits per heavy atom. The molecule has 0 aliphatic carbocycles. The normalized spacial score (nSPS) is 11.3. The number of alkyl carbamates (subject to hydrolysis) is 1. The average Bonchev–Trinajstić information content (AvgIpc) is 2.44. The van der Waals surface area contributed by atoms with Gasteiger partial charge in [0.2, 0.25) is 5.91 Å². The van der Waals surface area contributed by atoms with Crippen LogP contribution in [0.15, 0.2) is 24.3 Å². The molecule has 0 saturated heterocycles. The van der Waals surface area contributed by atoms with E-state index in [4.69, 9.17) is 20.3 Å². The number of primary amides is 1. The first-order valence-electron chi connectivity index (χ1n) is 5.99. The maximum atomic E-state index is 11.5. The molecular formula is C13H16N2O6. The van der Waals surface area contributed by atoms with Gasteiger partial charge in [0.1, 0.15) is 18.4 Å². The van der Waals surface area contributed by atoms with E-state index >= 15 is 0 Å². The van der Waals surface area contributed by atoms with Gasteiger partial charge in [-0.25, -0.2) is 9.59 Å². The Hall–Kier alpha value is -2.77. The molecule has 0 saturated carbocycles. The minimum Gasteiger partial charge on any atom is -0.497 e. The highest BCUT2D eigenvalue weighted by Gasteiger charge is 2.22. The summed E-state index contributed by atoms with van der Waals surface area (Å²) in [5.74, 6) is -1.54. The summed E-state index contributed by atoms with van der Waals surface area (Å²) < 4.78 is 9.84. The molecule has 114 valence electrons. The number of carbonyl (C=O) groups excluding carboxylic acids is 2. The van der Waals surface area contributed by atoms with Crippen LogP contribution < -0.4 is 15.8 Å². The van der Waals surface area contributed by atoms with Gasteiger partial charge in [-0.15, -0.1) is 0 Å². The number of ether oxygens (including phenoxy) is 2. The first-order chi connectivity index (χ1) is 9.92. The van der Waals surface area contributed by atoms with Crippen LogP contribution >= 0.6 is 0 Å². The lowest BCUT2D eigenvalue weighted by atomic mass is 10.2. The van der Waals surface area contributed by atoms with Crippen molar-refractivity contribution in [2.24, 2.45) is 5.73 Å². The second-order valence-corrected chi connectivity index (χ2v) is 4.13. The molecule has 8 heteroatoms. The van der Waals surface area contributed by atoms with Gasteiger partial charge in [-0.1, -0.05) is 12.1 Å². The maximum absolute atomic E-state index is 11.5. The fourth-order valence-electron chi connectivity index (χ4n) is 1.46. The lowest BCUT2D eigenvalue weighted by molar-refractivity contribution is -0.141. The number of aliphatic carboxylic acids is 1. The zero-order chi connectivity index (χ0) is 15.8. The Balaban J connectivity index is 2.48. The molecule has 21 heavy (non-hydrogen) atoms. The number of rotatable bonds is 7. The fraction of sp³-hybridized carbons (Fsp3) is 0.308. The summed E-state index contributed by atoms with van der Waals surface area (Å²) in [5.41, 5.74) is 5.59. The van der Waals surface area contributed by atoms with Gasteiger partial charge >= 0.3 is 12.1 Å². The molecule has 2 amide bonds. The molecule has 1 rings (SSSR count). The van der Waals surface area contributed by atoms with E-state index in [1.165, 1.54) is 7.11 Å². The summed E-state index contributed by atoms with van der Waals surface area (Å²) in [6.45, 7) is -0.0429. The highest BCUT2D eigenvalue weighted by atomic mass is 16.5. The number of nitrogens with two attached hydrogens (primary N) is 1. The van der Waals surface area contributed by atoms with Crippen molar-refractivity contribution in [1.82, 2.24) is 5.32 Å². The number of benzene rings is 1. The van der Waals surface area contributed by atoms with E-state index in [-0.39, 0.29) is 6.61 Å². The third-order valence-corrected chi connectivity index (χ3v) is 2.52. The van der Waals surface area contributed by atoms with Gasteiger partial charge in [0.15, 0.2) is 0 Å². The average molecular weight is 296 g/mol. The van der Waals surface area contributed by atoms with E-state index in [2.05, 4.69) is 5.32 Å². The molecule has 0 aliphatic heterocycles. The monoisotopic (exact) mass is 296 g/mol. The summed E-state index contributed by atoms with van der Waals surface area (Å²) in [7, 11) is 1.53. The van der Waals surface area contributed by atoms with Gasteiger partial charge in [-0.2, -0.15) is 0 Å². The van der Waals surface area contributed by atoms with Crippen molar-refractivity contribution in [3.63, 3.8) is 0 Å². The van der Waals surface area contributed by atoms with Crippen LogP contribution in [0, 0.1) is 0 Å². The molecule has 0 fully saturated rings. The molecule has 4 N–H and O–H groups in total. The minimum absolute atomic E-state index is 0.0429. The number of methoxy groups -OCH3 is 1. The van der Waals surface area contributed by atoms with Crippen molar-refractivity contribution in [3.8, 4) is 5.75 Å². The van der Waals surface area contributed by atoms with Gasteiger partial charge in [-0.05, 0) is 17.7 Å². The molecule has 1 unspecified atom stereocenters. The fourth-order valence-corrected chi connectivity index (χ4v) is 1.46. The van der Waals surface area contributed by atoms with E-state index in [1.54, 1.807) is 24.3 Å². The van der Waals surface area contributed by atoms with Crippen molar-refractivity contribution in [2.75, 3.05) is 7.11 Å². The van der Waals surface area contributed by atoms with Crippen molar-refractivity contribution in [3.05, 3.63) is 29.8 Å². The van der Waals surface area contributed by atoms with Crippen LogP contribution in [0.1, 0.15) is 12.0 Å². The van der Waals surface area contributed by atoms with Crippen LogP contribution in [0.4, 0.5) is 4.79 Å². The molecule has 1 atom stereocenters. The van der Waals surface area contributed by atoms with Crippen molar-refractivity contribution in [2.45, 2.75) is 19.1 Å². The van der Waals surface area contributed by atoms with Crippen LogP contribution in [0.5, 0.6) is 5.75 Å². The lowest BCUT2D eigenvalue weighted by Crippen LogP contribution is -2.43. The molecule has 8 nitrogen and oxygen atoms in total. The SMILES string of the molecule is COc1ccc(COC(=O)NC(CC(N)=O)C(=O)O)cc1. The second kappa shape index (κ2) is 7.73. The molecule has 0 radical (unpaired) electrons.